The molecule has 1 fully saturated rings. The van der Waals surface area contributed by atoms with Crippen LogP contribution in [0.1, 0.15) is 13.3 Å². The molecule has 2 N–H and O–H groups in total. The second-order valence-corrected chi connectivity index (χ2v) is 3.50. The molecule has 0 spiro atoms. The van der Waals surface area contributed by atoms with Gasteiger partial charge in [-0.1, -0.05) is 6.92 Å². The Morgan fingerprint density at radius 2 is 2.67 bits per heavy atom. The lowest BCUT2D eigenvalue weighted by molar-refractivity contribution is 0.263. The SMILES string of the molecule is CCC1NCCOP1O. The minimum atomic E-state index is -1.17. The monoisotopic (exact) mass is 149 g/mol. The third kappa shape index (κ3) is 1.87. The fourth-order valence-electron chi connectivity index (χ4n) is 0.833. The minimum Gasteiger partial charge on any atom is -0.349 e. The van der Waals surface area contributed by atoms with E-state index in [1.807, 2.05) is 6.92 Å². The maximum absolute atomic E-state index is 9.15. The van der Waals surface area contributed by atoms with Gasteiger partial charge in [-0.25, -0.2) is 0 Å². The predicted molar refractivity (Wildman–Crippen MR) is 37.2 cm³/mol. The maximum Gasteiger partial charge on any atom is 0.186 e. The predicted octanol–water partition coefficient (Wildman–Crippen LogP) is 0.646. The molecule has 1 aliphatic heterocycles. The Morgan fingerprint density at radius 3 is 3.11 bits per heavy atom. The van der Waals surface area contributed by atoms with Crippen molar-refractivity contribution < 1.29 is 9.42 Å². The molecule has 54 valence electrons. The Hall–Kier alpha value is 0.310. The minimum absolute atomic E-state index is 0.203. The molecule has 0 saturated carbocycles. The van der Waals surface area contributed by atoms with Crippen LogP contribution in [0.15, 0.2) is 0 Å². The van der Waals surface area contributed by atoms with E-state index < -0.39 is 8.38 Å². The molecule has 3 nitrogen and oxygen atoms in total. The zero-order valence-electron chi connectivity index (χ0n) is 5.50. The summed E-state index contributed by atoms with van der Waals surface area (Å²) in [4.78, 5) is 9.15. The van der Waals surface area contributed by atoms with Crippen LogP contribution in [0.4, 0.5) is 0 Å². The van der Waals surface area contributed by atoms with Crippen LogP contribution >= 0.6 is 8.38 Å². The van der Waals surface area contributed by atoms with Crippen LogP contribution in [0, 0.1) is 0 Å². The lowest BCUT2D eigenvalue weighted by atomic mass is 10.4. The van der Waals surface area contributed by atoms with Gasteiger partial charge >= 0.3 is 0 Å². The molecule has 0 aromatic carbocycles. The van der Waals surface area contributed by atoms with E-state index in [9.17, 15) is 0 Å². The molecule has 1 rings (SSSR count). The highest BCUT2D eigenvalue weighted by Gasteiger charge is 2.21. The highest BCUT2D eigenvalue weighted by atomic mass is 31.2. The summed E-state index contributed by atoms with van der Waals surface area (Å²) in [6, 6.07) is 0. The van der Waals surface area contributed by atoms with Crippen LogP contribution in [-0.4, -0.2) is 23.8 Å². The smallest absolute Gasteiger partial charge is 0.186 e. The van der Waals surface area contributed by atoms with Gasteiger partial charge in [0.15, 0.2) is 8.38 Å². The third-order valence-corrected chi connectivity index (χ3v) is 2.89. The Kier molecular flexibility index (Phi) is 2.86. The third-order valence-electron chi connectivity index (χ3n) is 1.36. The van der Waals surface area contributed by atoms with E-state index in [-0.39, 0.29) is 5.78 Å². The van der Waals surface area contributed by atoms with Gasteiger partial charge in [0.25, 0.3) is 0 Å². The molecular formula is C5H12NO2P. The van der Waals surface area contributed by atoms with Crippen molar-refractivity contribution in [1.29, 1.82) is 0 Å². The van der Waals surface area contributed by atoms with E-state index in [0.717, 1.165) is 13.0 Å². The molecule has 1 saturated heterocycles. The Balaban J connectivity index is 2.30. The average molecular weight is 149 g/mol. The molecule has 0 radical (unpaired) electrons. The molecule has 4 heteroatoms. The zero-order chi connectivity index (χ0) is 6.69. The normalized spacial score (nSPS) is 36.7. The summed E-state index contributed by atoms with van der Waals surface area (Å²) in [5, 5.41) is 3.17. The lowest BCUT2D eigenvalue weighted by Crippen LogP contribution is -2.34. The molecule has 0 bridgehead atoms. The number of rotatable bonds is 1. The van der Waals surface area contributed by atoms with Gasteiger partial charge in [-0.15, -0.1) is 0 Å². The highest BCUT2D eigenvalue weighted by Crippen LogP contribution is 2.39. The number of hydrogen-bond acceptors (Lipinski definition) is 3. The quantitative estimate of drug-likeness (QED) is 0.538. The van der Waals surface area contributed by atoms with Crippen LogP contribution < -0.4 is 5.32 Å². The molecule has 9 heavy (non-hydrogen) atoms. The molecule has 0 aromatic rings. The summed E-state index contributed by atoms with van der Waals surface area (Å²) >= 11 is 0. The van der Waals surface area contributed by atoms with Crippen molar-refractivity contribution in [2.75, 3.05) is 13.2 Å². The average Bonchev–Trinajstić information content (AvgIpc) is 1.89. The van der Waals surface area contributed by atoms with Gasteiger partial charge in [0.1, 0.15) is 0 Å². The first-order valence-corrected chi connectivity index (χ1v) is 4.47. The van der Waals surface area contributed by atoms with Crippen LogP contribution in [-0.2, 0) is 4.52 Å². The van der Waals surface area contributed by atoms with Gasteiger partial charge in [0.05, 0.1) is 12.4 Å². The van der Waals surface area contributed by atoms with E-state index in [4.69, 9.17) is 9.42 Å². The van der Waals surface area contributed by atoms with Crippen molar-refractivity contribution in [3.8, 4) is 0 Å². The van der Waals surface area contributed by atoms with Gasteiger partial charge in [-0.2, -0.15) is 0 Å². The Labute approximate surface area is 56.3 Å². The van der Waals surface area contributed by atoms with Crippen molar-refractivity contribution in [1.82, 2.24) is 5.32 Å². The van der Waals surface area contributed by atoms with E-state index in [1.165, 1.54) is 0 Å². The van der Waals surface area contributed by atoms with E-state index in [2.05, 4.69) is 5.32 Å². The maximum atomic E-state index is 9.15. The number of hydrogen-bond donors (Lipinski definition) is 2. The standard InChI is InChI=1S/C5H12NO2P/c1-2-5-6-3-4-8-9(5)7/h5-7H,2-4H2,1H3. The van der Waals surface area contributed by atoms with Crippen molar-refractivity contribution in [3.05, 3.63) is 0 Å². The fourth-order valence-corrected chi connectivity index (χ4v) is 1.89. The van der Waals surface area contributed by atoms with E-state index >= 15 is 0 Å². The molecule has 2 atom stereocenters. The van der Waals surface area contributed by atoms with Gasteiger partial charge in [-0.05, 0) is 6.42 Å². The van der Waals surface area contributed by atoms with Crippen LogP contribution in [0.2, 0.25) is 0 Å². The van der Waals surface area contributed by atoms with E-state index in [1.54, 1.807) is 0 Å². The summed E-state index contributed by atoms with van der Waals surface area (Å²) < 4.78 is 5.04. The zero-order valence-corrected chi connectivity index (χ0v) is 6.40. The van der Waals surface area contributed by atoms with Crippen LogP contribution in [0.5, 0.6) is 0 Å². The van der Waals surface area contributed by atoms with Gasteiger partial charge in [-0.3, -0.25) is 0 Å². The van der Waals surface area contributed by atoms with Crippen molar-refractivity contribution in [2.24, 2.45) is 0 Å². The molecule has 0 aromatic heterocycles. The first kappa shape index (κ1) is 7.42. The van der Waals surface area contributed by atoms with Gasteiger partial charge in [0, 0.05) is 6.54 Å². The Morgan fingerprint density at radius 1 is 1.89 bits per heavy atom. The van der Waals surface area contributed by atoms with Crippen molar-refractivity contribution >= 4 is 8.38 Å². The molecule has 0 aliphatic carbocycles. The van der Waals surface area contributed by atoms with Gasteiger partial charge in [0.2, 0.25) is 0 Å². The second-order valence-electron chi connectivity index (χ2n) is 2.01. The van der Waals surface area contributed by atoms with Crippen molar-refractivity contribution in [2.45, 2.75) is 19.1 Å². The molecule has 1 heterocycles. The summed E-state index contributed by atoms with van der Waals surface area (Å²) in [6.45, 7) is 3.56. The topological polar surface area (TPSA) is 41.5 Å². The lowest BCUT2D eigenvalue weighted by Gasteiger charge is -2.26. The first-order chi connectivity index (χ1) is 4.34. The summed E-state index contributed by atoms with van der Waals surface area (Å²) in [6.07, 6.45) is 0.947. The fraction of sp³-hybridized carbons (Fsp3) is 1.00. The molecule has 2 unspecified atom stereocenters. The molecule has 0 amide bonds. The first-order valence-electron chi connectivity index (χ1n) is 3.19. The van der Waals surface area contributed by atoms with Gasteiger partial charge < -0.3 is 14.7 Å². The second kappa shape index (κ2) is 3.47. The highest BCUT2D eigenvalue weighted by molar-refractivity contribution is 7.47. The van der Waals surface area contributed by atoms with Crippen LogP contribution in [0.3, 0.4) is 0 Å². The summed E-state index contributed by atoms with van der Waals surface area (Å²) in [5.41, 5.74) is 0. The van der Waals surface area contributed by atoms with Crippen LogP contribution in [0.25, 0.3) is 0 Å². The molecular weight excluding hydrogens is 137 g/mol. The summed E-state index contributed by atoms with van der Waals surface area (Å²) in [5.74, 6) is 0.203. The summed E-state index contributed by atoms with van der Waals surface area (Å²) in [7, 11) is -1.17. The largest absolute Gasteiger partial charge is 0.349 e. The Bertz CT molecular complexity index is 91.0. The molecule has 1 aliphatic rings. The van der Waals surface area contributed by atoms with Crippen molar-refractivity contribution in [3.63, 3.8) is 0 Å². The van der Waals surface area contributed by atoms with E-state index in [0.29, 0.717) is 6.61 Å². The number of nitrogens with one attached hydrogen (secondary N) is 1.